The summed E-state index contributed by atoms with van der Waals surface area (Å²) in [6.45, 7) is 2.42. The summed E-state index contributed by atoms with van der Waals surface area (Å²) in [5.74, 6) is 1.02. The van der Waals surface area contributed by atoms with Gasteiger partial charge in [0.2, 0.25) is 5.91 Å². The largest absolute Gasteiger partial charge is 0.497 e. The van der Waals surface area contributed by atoms with Gasteiger partial charge in [-0.1, -0.05) is 29.8 Å². The molecule has 0 aliphatic carbocycles. The van der Waals surface area contributed by atoms with Crippen molar-refractivity contribution in [2.45, 2.75) is 25.4 Å². The van der Waals surface area contributed by atoms with Gasteiger partial charge in [-0.25, -0.2) is 0 Å². The zero-order valence-corrected chi connectivity index (χ0v) is 15.0. The van der Waals surface area contributed by atoms with Gasteiger partial charge in [-0.05, 0) is 48.2 Å². The van der Waals surface area contributed by atoms with E-state index >= 15 is 0 Å². The zero-order valence-electron chi connectivity index (χ0n) is 14.2. The van der Waals surface area contributed by atoms with E-state index in [-0.39, 0.29) is 11.9 Å². The number of methoxy groups -OCH3 is 1. The van der Waals surface area contributed by atoms with E-state index in [9.17, 15) is 4.79 Å². The van der Waals surface area contributed by atoms with Crippen molar-refractivity contribution in [3.8, 4) is 5.75 Å². The van der Waals surface area contributed by atoms with Crippen LogP contribution in [0.5, 0.6) is 5.75 Å². The number of carbonyl (C=O) groups is 1. The number of amides is 1. The lowest BCUT2D eigenvalue weighted by Crippen LogP contribution is -2.44. The van der Waals surface area contributed by atoms with E-state index in [1.54, 1.807) is 7.11 Å². The van der Waals surface area contributed by atoms with Gasteiger partial charge in [-0.2, -0.15) is 0 Å². The molecule has 1 unspecified atom stereocenters. The number of hydrogen-bond donors (Lipinski definition) is 0. The summed E-state index contributed by atoms with van der Waals surface area (Å²) in [5.41, 5.74) is 3.43. The molecule has 1 atom stereocenters. The van der Waals surface area contributed by atoms with Crippen molar-refractivity contribution in [1.29, 1.82) is 0 Å². The van der Waals surface area contributed by atoms with Crippen LogP contribution in [0.1, 0.15) is 17.5 Å². The third kappa shape index (κ3) is 3.00. The molecule has 2 aliphatic rings. The number of halogens is 1. The fourth-order valence-corrected chi connectivity index (χ4v) is 4.10. The van der Waals surface area contributed by atoms with E-state index in [1.165, 1.54) is 11.1 Å². The Morgan fingerprint density at radius 1 is 1.12 bits per heavy atom. The molecule has 2 heterocycles. The quantitative estimate of drug-likeness (QED) is 0.843. The van der Waals surface area contributed by atoms with Gasteiger partial charge in [0.25, 0.3) is 0 Å². The molecule has 0 radical (unpaired) electrons. The predicted octanol–water partition coefficient (Wildman–Crippen LogP) is 3.51. The fourth-order valence-electron chi connectivity index (χ4n) is 3.86. The number of fused-ring (bicyclic) bond motifs is 1. The van der Waals surface area contributed by atoms with Crippen LogP contribution in [0.25, 0.3) is 0 Å². The molecular formula is C20H21ClN2O2. The Bertz CT molecular complexity index is 808. The monoisotopic (exact) mass is 356 g/mol. The summed E-state index contributed by atoms with van der Waals surface area (Å²) in [6, 6.07) is 13.7. The Balaban J connectivity index is 1.53. The van der Waals surface area contributed by atoms with Crippen molar-refractivity contribution in [3.05, 3.63) is 58.6 Å². The first kappa shape index (κ1) is 16.4. The highest BCUT2D eigenvalue weighted by Gasteiger charge is 2.38. The van der Waals surface area contributed by atoms with Crippen molar-refractivity contribution < 1.29 is 9.53 Å². The normalized spacial score (nSPS) is 20.6. The molecule has 1 fully saturated rings. The molecule has 0 bridgehead atoms. The number of nitrogens with zero attached hydrogens (tertiary/aromatic N) is 2. The highest BCUT2D eigenvalue weighted by Crippen LogP contribution is 2.32. The molecule has 25 heavy (non-hydrogen) atoms. The average Bonchev–Trinajstić information content (AvgIpc) is 3.02. The fraction of sp³-hybridized carbons (Fsp3) is 0.350. The van der Waals surface area contributed by atoms with Gasteiger partial charge in [0.05, 0.1) is 23.9 Å². The number of carbonyl (C=O) groups excluding carboxylic acids is 1. The second-order valence-corrected chi connectivity index (χ2v) is 7.01. The minimum absolute atomic E-state index is 0.0735. The number of para-hydroxylation sites is 1. The highest BCUT2D eigenvalue weighted by molar-refractivity contribution is 6.33. The van der Waals surface area contributed by atoms with Crippen molar-refractivity contribution in [2.24, 2.45) is 0 Å². The first-order valence-electron chi connectivity index (χ1n) is 8.63. The minimum Gasteiger partial charge on any atom is -0.497 e. The van der Waals surface area contributed by atoms with E-state index in [0.717, 1.165) is 37.4 Å². The van der Waals surface area contributed by atoms with Gasteiger partial charge >= 0.3 is 0 Å². The summed E-state index contributed by atoms with van der Waals surface area (Å²) in [4.78, 5) is 17.1. The summed E-state index contributed by atoms with van der Waals surface area (Å²) in [7, 11) is 1.68. The molecule has 0 aromatic heterocycles. The van der Waals surface area contributed by atoms with E-state index in [4.69, 9.17) is 16.3 Å². The van der Waals surface area contributed by atoms with Crippen molar-refractivity contribution in [2.75, 3.05) is 25.1 Å². The summed E-state index contributed by atoms with van der Waals surface area (Å²) in [5, 5.41) is 0.630. The number of benzene rings is 2. The van der Waals surface area contributed by atoms with Crippen LogP contribution in [-0.4, -0.2) is 37.0 Å². The van der Waals surface area contributed by atoms with Crippen LogP contribution in [0.2, 0.25) is 5.02 Å². The Hall–Kier alpha value is -2.04. The molecular weight excluding hydrogens is 336 g/mol. The Morgan fingerprint density at radius 3 is 2.76 bits per heavy atom. The maximum absolute atomic E-state index is 13.0. The molecule has 4 rings (SSSR count). The first-order valence-corrected chi connectivity index (χ1v) is 9.01. The Morgan fingerprint density at radius 2 is 1.96 bits per heavy atom. The lowest BCUT2D eigenvalue weighted by Gasteiger charge is -2.32. The average molecular weight is 357 g/mol. The summed E-state index contributed by atoms with van der Waals surface area (Å²) < 4.78 is 5.34. The maximum atomic E-state index is 13.0. The van der Waals surface area contributed by atoms with E-state index in [1.807, 2.05) is 35.2 Å². The number of ether oxygens (including phenoxy) is 1. The van der Waals surface area contributed by atoms with Crippen LogP contribution in [0.15, 0.2) is 42.5 Å². The van der Waals surface area contributed by atoms with Gasteiger partial charge in [-0.15, -0.1) is 0 Å². The van der Waals surface area contributed by atoms with E-state index < -0.39 is 0 Å². The molecule has 0 N–H and O–H groups in total. The van der Waals surface area contributed by atoms with Crippen LogP contribution < -0.4 is 9.64 Å². The van der Waals surface area contributed by atoms with Crippen LogP contribution in [0.3, 0.4) is 0 Å². The summed E-state index contributed by atoms with van der Waals surface area (Å²) >= 11 is 6.28. The molecule has 130 valence electrons. The molecule has 1 amide bonds. The van der Waals surface area contributed by atoms with Gasteiger partial charge in [-0.3, -0.25) is 9.69 Å². The number of rotatable bonds is 3. The van der Waals surface area contributed by atoms with Crippen LogP contribution in [0, 0.1) is 0 Å². The maximum Gasteiger partial charge on any atom is 0.244 e. The molecule has 5 heteroatoms. The molecule has 4 nitrogen and oxygen atoms in total. The number of anilines is 1. The second-order valence-electron chi connectivity index (χ2n) is 6.60. The lowest BCUT2D eigenvalue weighted by molar-refractivity contribution is -0.122. The summed E-state index contributed by atoms with van der Waals surface area (Å²) in [6.07, 6.45) is 1.80. The SMILES string of the molecule is COc1ccc2c(c1)CN(C1CCN(c3ccccc3Cl)C1=O)CC2. The van der Waals surface area contributed by atoms with Crippen LogP contribution in [-0.2, 0) is 17.8 Å². The molecule has 0 spiro atoms. The Kier molecular flexibility index (Phi) is 4.40. The molecule has 0 saturated carbocycles. The third-order valence-electron chi connectivity index (χ3n) is 5.22. The van der Waals surface area contributed by atoms with Crippen LogP contribution >= 0.6 is 11.6 Å². The van der Waals surface area contributed by atoms with Crippen LogP contribution in [0.4, 0.5) is 5.69 Å². The Labute approximate surface area is 152 Å². The standard InChI is InChI=1S/C20H21ClN2O2/c1-25-16-7-6-14-8-10-22(13-15(14)12-16)19-9-11-23(20(19)24)18-5-3-2-4-17(18)21/h2-7,12,19H,8-11,13H2,1H3. The van der Waals surface area contributed by atoms with E-state index in [0.29, 0.717) is 11.6 Å². The van der Waals surface area contributed by atoms with Crippen molar-refractivity contribution >= 4 is 23.2 Å². The second kappa shape index (κ2) is 6.70. The minimum atomic E-state index is -0.0735. The van der Waals surface area contributed by atoms with Crippen molar-refractivity contribution in [3.63, 3.8) is 0 Å². The van der Waals surface area contributed by atoms with Gasteiger partial charge in [0.1, 0.15) is 5.75 Å². The number of hydrogen-bond acceptors (Lipinski definition) is 3. The molecule has 2 aromatic rings. The van der Waals surface area contributed by atoms with Gasteiger partial charge in [0, 0.05) is 19.6 Å². The lowest BCUT2D eigenvalue weighted by atomic mass is 9.98. The third-order valence-corrected chi connectivity index (χ3v) is 5.54. The zero-order chi connectivity index (χ0) is 17.4. The molecule has 1 saturated heterocycles. The smallest absolute Gasteiger partial charge is 0.244 e. The van der Waals surface area contributed by atoms with Gasteiger partial charge in [0.15, 0.2) is 0 Å². The molecule has 2 aromatic carbocycles. The molecule has 2 aliphatic heterocycles. The van der Waals surface area contributed by atoms with Gasteiger partial charge < -0.3 is 9.64 Å². The topological polar surface area (TPSA) is 32.8 Å². The van der Waals surface area contributed by atoms with E-state index in [2.05, 4.69) is 17.0 Å². The predicted molar refractivity (Wildman–Crippen MR) is 99.3 cm³/mol. The highest BCUT2D eigenvalue weighted by atomic mass is 35.5. The first-order chi connectivity index (χ1) is 12.2. The van der Waals surface area contributed by atoms with Crippen molar-refractivity contribution in [1.82, 2.24) is 4.90 Å².